The molecule has 0 nitrogen and oxygen atoms in total. The van der Waals surface area contributed by atoms with E-state index >= 15 is 0 Å². The van der Waals surface area contributed by atoms with E-state index in [2.05, 4.69) is 108 Å². The summed E-state index contributed by atoms with van der Waals surface area (Å²) < 4.78 is 2.27. The molecule has 0 bridgehead atoms. The minimum atomic E-state index is 0.296. The van der Waals surface area contributed by atoms with Gasteiger partial charge in [-0.2, -0.15) is 0 Å². The summed E-state index contributed by atoms with van der Waals surface area (Å²) in [6.45, 7) is 0. The second kappa shape index (κ2) is 6.64. The first-order chi connectivity index (χ1) is 10.1. The quantitative estimate of drug-likeness (QED) is 0.361. The molecule has 0 radical (unpaired) electrons. The highest BCUT2D eigenvalue weighted by molar-refractivity contribution is 9.11. The van der Waals surface area contributed by atoms with E-state index in [9.17, 15) is 0 Å². The molecule has 21 heavy (non-hydrogen) atoms. The highest BCUT2D eigenvalue weighted by Crippen LogP contribution is 2.35. The van der Waals surface area contributed by atoms with E-state index in [0.29, 0.717) is 4.83 Å². The van der Waals surface area contributed by atoms with Gasteiger partial charge in [0.15, 0.2) is 0 Å². The van der Waals surface area contributed by atoms with Crippen molar-refractivity contribution in [2.75, 3.05) is 0 Å². The maximum absolute atomic E-state index is 3.86. The van der Waals surface area contributed by atoms with Gasteiger partial charge in [-0.15, -0.1) is 0 Å². The van der Waals surface area contributed by atoms with Crippen molar-refractivity contribution in [1.82, 2.24) is 0 Å². The van der Waals surface area contributed by atoms with Crippen molar-refractivity contribution in [2.24, 2.45) is 0 Å². The SMILES string of the molecule is Brc1cccc(CC(Br)c2ccc(Br)c3ccccc23)c1. The summed E-state index contributed by atoms with van der Waals surface area (Å²) in [5, 5.41) is 2.55. The Kier molecular flexibility index (Phi) is 4.82. The maximum atomic E-state index is 3.86. The van der Waals surface area contributed by atoms with Gasteiger partial charge in [0.25, 0.3) is 0 Å². The molecule has 0 saturated carbocycles. The van der Waals surface area contributed by atoms with Crippen molar-refractivity contribution in [2.45, 2.75) is 11.2 Å². The Morgan fingerprint density at radius 2 is 1.57 bits per heavy atom. The Morgan fingerprint density at radius 1 is 0.810 bits per heavy atom. The lowest BCUT2D eigenvalue weighted by Gasteiger charge is -2.14. The zero-order chi connectivity index (χ0) is 14.8. The molecule has 0 aliphatic carbocycles. The minimum Gasteiger partial charge on any atom is -0.0835 e. The molecule has 0 spiro atoms. The fourth-order valence-electron chi connectivity index (χ4n) is 2.54. The molecule has 1 unspecified atom stereocenters. The highest BCUT2D eigenvalue weighted by Gasteiger charge is 2.13. The lowest BCUT2D eigenvalue weighted by molar-refractivity contribution is 0.956. The summed E-state index contributed by atoms with van der Waals surface area (Å²) in [6.07, 6.45) is 0.963. The van der Waals surface area contributed by atoms with Crippen LogP contribution >= 0.6 is 47.8 Å². The molecule has 3 aromatic rings. The van der Waals surface area contributed by atoms with Gasteiger partial charge in [0.05, 0.1) is 0 Å². The molecule has 3 rings (SSSR count). The average molecular weight is 469 g/mol. The second-order valence-electron chi connectivity index (χ2n) is 4.98. The van der Waals surface area contributed by atoms with Crippen LogP contribution in [0.4, 0.5) is 0 Å². The van der Waals surface area contributed by atoms with Gasteiger partial charge in [-0.05, 0) is 46.5 Å². The van der Waals surface area contributed by atoms with Crippen LogP contribution in [0, 0.1) is 0 Å². The Labute approximate surface area is 150 Å². The van der Waals surface area contributed by atoms with Gasteiger partial charge < -0.3 is 0 Å². The van der Waals surface area contributed by atoms with Gasteiger partial charge in [-0.1, -0.05) is 90.3 Å². The van der Waals surface area contributed by atoms with Crippen LogP contribution in [0.1, 0.15) is 16.0 Å². The largest absolute Gasteiger partial charge is 0.0835 e. The van der Waals surface area contributed by atoms with E-state index in [0.717, 1.165) is 15.4 Å². The minimum absolute atomic E-state index is 0.296. The van der Waals surface area contributed by atoms with Crippen LogP contribution in [-0.2, 0) is 6.42 Å². The highest BCUT2D eigenvalue weighted by atomic mass is 79.9. The van der Waals surface area contributed by atoms with E-state index in [1.165, 1.54) is 21.9 Å². The number of fused-ring (bicyclic) bond motifs is 1. The average Bonchev–Trinajstić information content (AvgIpc) is 2.48. The van der Waals surface area contributed by atoms with Crippen molar-refractivity contribution in [3.8, 4) is 0 Å². The van der Waals surface area contributed by atoms with E-state index in [1.54, 1.807) is 0 Å². The van der Waals surface area contributed by atoms with Gasteiger partial charge in [-0.3, -0.25) is 0 Å². The van der Waals surface area contributed by atoms with E-state index in [4.69, 9.17) is 0 Å². The number of alkyl halides is 1. The summed E-state index contributed by atoms with van der Waals surface area (Å²) in [4.78, 5) is 0.296. The first kappa shape index (κ1) is 15.3. The van der Waals surface area contributed by atoms with Crippen molar-refractivity contribution in [1.29, 1.82) is 0 Å². The monoisotopic (exact) mass is 466 g/mol. The molecule has 0 N–H and O–H groups in total. The van der Waals surface area contributed by atoms with Gasteiger partial charge in [0, 0.05) is 13.8 Å². The third kappa shape index (κ3) is 3.41. The lowest BCUT2D eigenvalue weighted by Crippen LogP contribution is -1.97. The van der Waals surface area contributed by atoms with Crippen LogP contribution in [0.15, 0.2) is 69.6 Å². The molecule has 0 aliphatic rings. The van der Waals surface area contributed by atoms with E-state index in [1.807, 2.05) is 0 Å². The van der Waals surface area contributed by atoms with Crippen molar-refractivity contribution in [3.63, 3.8) is 0 Å². The molecule has 106 valence electrons. The lowest BCUT2D eigenvalue weighted by atomic mass is 9.98. The summed E-state index contributed by atoms with van der Waals surface area (Å²) in [6, 6.07) is 21.3. The van der Waals surface area contributed by atoms with Gasteiger partial charge >= 0.3 is 0 Å². The van der Waals surface area contributed by atoms with Gasteiger partial charge in [-0.25, -0.2) is 0 Å². The molecule has 0 aliphatic heterocycles. The van der Waals surface area contributed by atoms with E-state index in [-0.39, 0.29) is 0 Å². The molecular formula is C18H13Br3. The molecule has 0 amide bonds. The Hall–Kier alpha value is -0.640. The molecule has 3 aromatic carbocycles. The molecule has 0 heterocycles. The predicted octanol–water partition coefficient (Wildman–Crippen LogP) is 7.04. The molecule has 3 heteroatoms. The topological polar surface area (TPSA) is 0 Å². The number of rotatable bonds is 3. The fourth-order valence-corrected chi connectivity index (χ4v) is 4.24. The van der Waals surface area contributed by atoms with Crippen molar-refractivity contribution < 1.29 is 0 Å². The zero-order valence-corrected chi connectivity index (χ0v) is 15.9. The summed E-state index contributed by atoms with van der Waals surface area (Å²) >= 11 is 11.0. The zero-order valence-electron chi connectivity index (χ0n) is 11.2. The van der Waals surface area contributed by atoms with Crippen LogP contribution in [0.5, 0.6) is 0 Å². The van der Waals surface area contributed by atoms with Crippen molar-refractivity contribution in [3.05, 3.63) is 80.7 Å². The van der Waals surface area contributed by atoms with Gasteiger partial charge in [0.2, 0.25) is 0 Å². The normalized spacial score (nSPS) is 12.5. The van der Waals surface area contributed by atoms with Crippen LogP contribution in [0.2, 0.25) is 0 Å². The molecule has 0 fully saturated rings. The second-order valence-corrected chi connectivity index (χ2v) is 7.86. The number of benzene rings is 3. The Bertz CT molecular complexity index is 780. The Morgan fingerprint density at radius 3 is 2.33 bits per heavy atom. The fraction of sp³-hybridized carbons (Fsp3) is 0.111. The standard InChI is InChI=1S/C18H13Br3/c19-13-5-3-4-12(10-13)11-18(21)16-8-9-17(20)15-7-2-1-6-14(15)16/h1-10,18H,11H2. The van der Waals surface area contributed by atoms with Crippen LogP contribution in [0.25, 0.3) is 10.8 Å². The van der Waals surface area contributed by atoms with Crippen LogP contribution in [-0.4, -0.2) is 0 Å². The van der Waals surface area contributed by atoms with E-state index < -0.39 is 0 Å². The smallest absolute Gasteiger partial charge is 0.0441 e. The van der Waals surface area contributed by atoms with Crippen LogP contribution < -0.4 is 0 Å². The summed E-state index contributed by atoms with van der Waals surface area (Å²) in [5.74, 6) is 0. The third-order valence-corrected chi connectivity index (χ3v) is 5.55. The first-order valence-corrected chi connectivity index (χ1v) is 9.21. The predicted molar refractivity (Wildman–Crippen MR) is 101 cm³/mol. The Balaban J connectivity index is 1.98. The summed E-state index contributed by atoms with van der Waals surface area (Å²) in [7, 11) is 0. The molecule has 1 atom stereocenters. The number of hydrogen-bond acceptors (Lipinski definition) is 0. The van der Waals surface area contributed by atoms with Crippen LogP contribution in [0.3, 0.4) is 0 Å². The first-order valence-electron chi connectivity index (χ1n) is 6.71. The van der Waals surface area contributed by atoms with Crippen molar-refractivity contribution >= 4 is 58.6 Å². The number of halogens is 3. The maximum Gasteiger partial charge on any atom is 0.0441 e. The molecule has 0 saturated heterocycles. The third-order valence-electron chi connectivity index (χ3n) is 3.55. The van der Waals surface area contributed by atoms with Gasteiger partial charge in [0.1, 0.15) is 0 Å². The molecular weight excluding hydrogens is 456 g/mol. The number of hydrogen-bond donors (Lipinski definition) is 0. The molecule has 0 aromatic heterocycles. The summed E-state index contributed by atoms with van der Waals surface area (Å²) in [5.41, 5.74) is 2.65.